The Kier molecular flexibility index (Phi) is 4.47. The Balaban J connectivity index is 2.27. The number of rotatable bonds is 4. The van der Waals surface area contributed by atoms with E-state index in [1.807, 2.05) is 13.2 Å². The zero-order chi connectivity index (χ0) is 14.0. The van der Waals surface area contributed by atoms with Gasteiger partial charge in [0, 0.05) is 17.4 Å². The molecule has 1 N–H and O–H groups in total. The Hall–Kier alpha value is -1.07. The van der Waals surface area contributed by atoms with Crippen molar-refractivity contribution < 1.29 is 9.18 Å². The SMILES string of the molecule is CSC(C)CN1C(=O)C(C)NC1c1ccccc1F. The van der Waals surface area contributed by atoms with Crippen molar-refractivity contribution in [2.24, 2.45) is 0 Å². The van der Waals surface area contributed by atoms with E-state index in [2.05, 4.69) is 12.2 Å². The topological polar surface area (TPSA) is 32.3 Å². The molecular formula is C14H19FN2OS. The lowest BCUT2D eigenvalue weighted by Crippen LogP contribution is -2.35. The maximum Gasteiger partial charge on any atom is 0.241 e. The molecule has 5 heteroatoms. The third-order valence-electron chi connectivity index (χ3n) is 3.43. The summed E-state index contributed by atoms with van der Waals surface area (Å²) in [4.78, 5) is 13.9. The van der Waals surface area contributed by atoms with Crippen molar-refractivity contribution in [3.63, 3.8) is 0 Å². The molecule has 1 aromatic carbocycles. The lowest BCUT2D eigenvalue weighted by atomic mass is 10.1. The van der Waals surface area contributed by atoms with Gasteiger partial charge in [-0.25, -0.2) is 4.39 Å². The fourth-order valence-electron chi connectivity index (χ4n) is 2.28. The molecule has 1 fully saturated rings. The van der Waals surface area contributed by atoms with Crippen LogP contribution in [-0.4, -0.2) is 34.9 Å². The van der Waals surface area contributed by atoms with Crippen LogP contribution in [0.4, 0.5) is 4.39 Å². The van der Waals surface area contributed by atoms with Gasteiger partial charge >= 0.3 is 0 Å². The quantitative estimate of drug-likeness (QED) is 0.920. The summed E-state index contributed by atoms with van der Waals surface area (Å²) in [6.45, 7) is 4.51. The van der Waals surface area contributed by atoms with Crippen molar-refractivity contribution in [1.29, 1.82) is 0 Å². The molecule has 0 aromatic heterocycles. The minimum atomic E-state index is -0.363. The number of halogens is 1. The van der Waals surface area contributed by atoms with Crippen molar-refractivity contribution in [3.8, 4) is 0 Å². The van der Waals surface area contributed by atoms with Gasteiger partial charge in [-0.05, 0) is 19.2 Å². The van der Waals surface area contributed by atoms with Crippen LogP contribution >= 0.6 is 11.8 Å². The van der Waals surface area contributed by atoms with Crippen LogP contribution in [0.2, 0.25) is 0 Å². The Morgan fingerprint density at radius 2 is 2.16 bits per heavy atom. The molecule has 1 aliphatic rings. The Morgan fingerprint density at radius 3 is 2.79 bits per heavy atom. The molecule has 0 spiro atoms. The smallest absolute Gasteiger partial charge is 0.241 e. The van der Waals surface area contributed by atoms with Crippen LogP contribution < -0.4 is 5.32 Å². The van der Waals surface area contributed by atoms with Gasteiger partial charge in [-0.2, -0.15) is 11.8 Å². The molecule has 1 amide bonds. The van der Waals surface area contributed by atoms with E-state index in [-0.39, 0.29) is 23.9 Å². The second-order valence-electron chi connectivity index (χ2n) is 4.85. The number of carbonyl (C=O) groups is 1. The van der Waals surface area contributed by atoms with Crippen LogP contribution in [0.5, 0.6) is 0 Å². The number of amides is 1. The Labute approximate surface area is 117 Å². The van der Waals surface area contributed by atoms with Crippen LogP contribution in [0.1, 0.15) is 25.6 Å². The molecular weight excluding hydrogens is 263 g/mol. The molecule has 3 unspecified atom stereocenters. The molecule has 0 aliphatic carbocycles. The third kappa shape index (κ3) is 2.92. The molecule has 3 nitrogen and oxygen atoms in total. The first-order valence-electron chi connectivity index (χ1n) is 6.38. The van der Waals surface area contributed by atoms with Crippen molar-refractivity contribution in [1.82, 2.24) is 10.2 Å². The van der Waals surface area contributed by atoms with Crippen LogP contribution in [0.15, 0.2) is 24.3 Å². The van der Waals surface area contributed by atoms with E-state index in [4.69, 9.17) is 0 Å². The fourth-order valence-corrected chi connectivity index (χ4v) is 2.59. The molecule has 2 rings (SSSR count). The standard InChI is InChI=1S/C14H19FN2OS/c1-9(19-3)8-17-13(16-10(2)14(17)18)11-6-4-5-7-12(11)15/h4-7,9-10,13,16H,8H2,1-3H3. The molecule has 3 atom stereocenters. The van der Waals surface area contributed by atoms with Crippen molar-refractivity contribution >= 4 is 17.7 Å². The van der Waals surface area contributed by atoms with E-state index in [9.17, 15) is 9.18 Å². The van der Waals surface area contributed by atoms with Crippen molar-refractivity contribution in [3.05, 3.63) is 35.6 Å². The summed E-state index contributed by atoms with van der Waals surface area (Å²) in [6, 6.07) is 6.35. The average molecular weight is 282 g/mol. The van der Waals surface area contributed by atoms with Gasteiger partial charge in [0.1, 0.15) is 12.0 Å². The van der Waals surface area contributed by atoms with Crippen molar-refractivity contribution in [2.45, 2.75) is 31.3 Å². The largest absolute Gasteiger partial charge is 0.320 e. The summed E-state index contributed by atoms with van der Waals surface area (Å²) in [5.41, 5.74) is 0.536. The van der Waals surface area contributed by atoms with Gasteiger partial charge in [-0.15, -0.1) is 0 Å². The molecule has 1 aliphatic heterocycles. The molecule has 1 heterocycles. The molecule has 0 saturated carbocycles. The number of thioether (sulfide) groups is 1. The molecule has 104 valence electrons. The molecule has 0 radical (unpaired) electrons. The predicted octanol–water partition coefficient (Wildman–Crippen LogP) is 2.40. The highest BCUT2D eigenvalue weighted by molar-refractivity contribution is 7.99. The highest BCUT2D eigenvalue weighted by atomic mass is 32.2. The maximum absolute atomic E-state index is 13.9. The van der Waals surface area contributed by atoms with Gasteiger partial charge in [0.25, 0.3) is 0 Å². The van der Waals surface area contributed by atoms with E-state index in [1.54, 1.807) is 34.9 Å². The Morgan fingerprint density at radius 1 is 1.47 bits per heavy atom. The summed E-state index contributed by atoms with van der Waals surface area (Å²) in [7, 11) is 0. The fraction of sp³-hybridized carbons (Fsp3) is 0.500. The van der Waals surface area contributed by atoms with Gasteiger partial charge in [0.2, 0.25) is 5.91 Å². The van der Waals surface area contributed by atoms with E-state index >= 15 is 0 Å². The predicted molar refractivity (Wildman–Crippen MR) is 76.4 cm³/mol. The van der Waals surface area contributed by atoms with E-state index < -0.39 is 0 Å². The molecule has 19 heavy (non-hydrogen) atoms. The summed E-state index contributed by atoms with van der Waals surface area (Å²) in [6.07, 6.45) is 1.65. The molecule has 1 saturated heterocycles. The summed E-state index contributed by atoms with van der Waals surface area (Å²) in [5, 5.41) is 3.49. The Bertz CT molecular complexity index is 469. The molecule has 0 bridgehead atoms. The monoisotopic (exact) mass is 282 g/mol. The lowest BCUT2D eigenvalue weighted by Gasteiger charge is -2.27. The van der Waals surface area contributed by atoms with Gasteiger partial charge < -0.3 is 4.90 Å². The first kappa shape index (κ1) is 14.3. The minimum absolute atomic E-state index is 0.0363. The zero-order valence-corrected chi connectivity index (χ0v) is 12.2. The number of hydrogen-bond acceptors (Lipinski definition) is 3. The van der Waals surface area contributed by atoms with E-state index in [0.717, 1.165) is 0 Å². The second-order valence-corrected chi connectivity index (χ2v) is 6.13. The van der Waals surface area contributed by atoms with E-state index in [1.165, 1.54) is 6.07 Å². The van der Waals surface area contributed by atoms with Crippen LogP contribution in [-0.2, 0) is 4.79 Å². The van der Waals surface area contributed by atoms with Gasteiger partial charge in [-0.3, -0.25) is 10.1 Å². The second kappa shape index (κ2) is 5.92. The summed E-state index contributed by atoms with van der Waals surface area (Å²) < 4.78 is 13.9. The molecule has 1 aromatic rings. The lowest BCUT2D eigenvalue weighted by molar-refractivity contribution is -0.129. The van der Waals surface area contributed by atoms with Crippen molar-refractivity contribution in [2.75, 3.05) is 12.8 Å². The third-order valence-corrected chi connectivity index (χ3v) is 4.38. The van der Waals surface area contributed by atoms with E-state index in [0.29, 0.717) is 17.4 Å². The number of benzene rings is 1. The summed E-state index contributed by atoms with van der Waals surface area (Å²) >= 11 is 1.70. The highest BCUT2D eigenvalue weighted by Gasteiger charge is 2.38. The number of hydrogen-bond donors (Lipinski definition) is 1. The highest BCUT2D eigenvalue weighted by Crippen LogP contribution is 2.28. The maximum atomic E-state index is 13.9. The van der Waals surface area contributed by atoms with Gasteiger partial charge in [0.15, 0.2) is 0 Å². The van der Waals surface area contributed by atoms with Gasteiger partial charge in [0.05, 0.1) is 6.04 Å². The normalized spacial score (nSPS) is 24.8. The first-order chi connectivity index (χ1) is 9.04. The number of nitrogens with zero attached hydrogens (tertiary/aromatic N) is 1. The van der Waals surface area contributed by atoms with Crippen LogP contribution in [0.3, 0.4) is 0 Å². The number of nitrogens with one attached hydrogen (secondary N) is 1. The minimum Gasteiger partial charge on any atom is -0.320 e. The van der Waals surface area contributed by atoms with Crippen LogP contribution in [0, 0.1) is 5.82 Å². The average Bonchev–Trinajstić information content (AvgIpc) is 2.67. The number of carbonyl (C=O) groups excluding carboxylic acids is 1. The van der Waals surface area contributed by atoms with Gasteiger partial charge in [-0.1, -0.05) is 25.1 Å². The first-order valence-corrected chi connectivity index (χ1v) is 7.67. The summed E-state index contributed by atoms with van der Waals surface area (Å²) in [5.74, 6) is -0.238. The van der Waals surface area contributed by atoms with Crippen LogP contribution in [0.25, 0.3) is 0 Å². The zero-order valence-electron chi connectivity index (χ0n) is 11.4.